The Kier molecular flexibility index (Phi) is 4.90. The van der Waals surface area contributed by atoms with Gasteiger partial charge in [0.05, 0.1) is 11.4 Å². The van der Waals surface area contributed by atoms with Crippen LogP contribution >= 0.6 is 0 Å². The molecular formula is C16H19N3O2. The number of hydrogen-bond donors (Lipinski definition) is 2. The minimum absolute atomic E-state index is 0.166. The molecule has 2 N–H and O–H groups in total. The molecule has 2 aromatic carbocycles. The van der Waals surface area contributed by atoms with Gasteiger partial charge in [0, 0.05) is 12.6 Å². The lowest BCUT2D eigenvalue weighted by Crippen LogP contribution is -2.15. The normalized spacial score (nSPS) is 11.4. The standard InChI is InChI=1S/C16H19N3O2/c1-19(2)10-9-12-5-3-4-6-14(12)18-17-13-7-8-15(20)16(21)11-13/h3-8,11,20-21H,9-10H2,1-2H3. The molecule has 0 heterocycles. The van der Waals surface area contributed by atoms with Crippen LogP contribution in [-0.2, 0) is 6.42 Å². The van der Waals surface area contributed by atoms with Crippen LogP contribution in [0.25, 0.3) is 0 Å². The van der Waals surface area contributed by atoms with E-state index in [0.29, 0.717) is 5.69 Å². The van der Waals surface area contributed by atoms with Crippen LogP contribution in [0.5, 0.6) is 11.5 Å². The largest absolute Gasteiger partial charge is 0.504 e. The molecule has 5 heteroatoms. The molecule has 0 unspecified atom stereocenters. The van der Waals surface area contributed by atoms with Gasteiger partial charge in [-0.3, -0.25) is 0 Å². The molecule has 0 spiro atoms. The molecule has 0 amide bonds. The molecule has 2 rings (SSSR count). The number of benzene rings is 2. The molecule has 21 heavy (non-hydrogen) atoms. The van der Waals surface area contributed by atoms with E-state index in [9.17, 15) is 10.2 Å². The van der Waals surface area contributed by atoms with E-state index >= 15 is 0 Å². The van der Waals surface area contributed by atoms with E-state index in [0.717, 1.165) is 24.2 Å². The Hall–Kier alpha value is -2.40. The van der Waals surface area contributed by atoms with Gasteiger partial charge in [-0.05, 0) is 44.3 Å². The highest BCUT2D eigenvalue weighted by Gasteiger charge is 2.03. The monoisotopic (exact) mass is 285 g/mol. The van der Waals surface area contributed by atoms with Crippen molar-refractivity contribution >= 4 is 11.4 Å². The lowest BCUT2D eigenvalue weighted by Gasteiger charge is -2.10. The molecule has 0 fully saturated rings. The van der Waals surface area contributed by atoms with Crippen molar-refractivity contribution in [1.29, 1.82) is 0 Å². The first-order valence-corrected chi connectivity index (χ1v) is 6.72. The van der Waals surface area contributed by atoms with Gasteiger partial charge in [-0.25, -0.2) is 0 Å². The van der Waals surface area contributed by atoms with Crippen molar-refractivity contribution < 1.29 is 10.2 Å². The van der Waals surface area contributed by atoms with Crippen molar-refractivity contribution in [2.75, 3.05) is 20.6 Å². The Morgan fingerprint density at radius 1 is 0.952 bits per heavy atom. The number of azo groups is 1. The average Bonchev–Trinajstić information content (AvgIpc) is 2.47. The first-order chi connectivity index (χ1) is 10.1. The van der Waals surface area contributed by atoms with E-state index in [2.05, 4.69) is 15.1 Å². The highest BCUT2D eigenvalue weighted by atomic mass is 16.3. The Bertz CT molecular complexity index is 639. The number of rotatable bonds is 5. The van der Waals surface area contributed by atoms with Gasteiger partial charge in [0.25, 0.3) is 0 Å². The second kappa shape index (κ2) is 6.85. The summed E-state index contributed by atoms with van der Waals surface area (Å²) in [5, 5.41) is 27.1. The molecule has 0 aliphatic heterocycles. The van der Waals surface area contributed by atoms with Crippen LogP contribution in [0.2, 0.25) is 0 Å². The molecular weight excluding hydrogens is 266 g/mol. The minimum Gasteiger partial charge on any atom is -0.504 e. The van der Waals surface area contributed by atoms with Gasteiger partial charge in [0.1, 0.15) is 0 Å². The summed E-state index contributed by atoms with van der Waals surface area (Å²) in [6.45, 7) is 0.937. The summed E-state index contributed by atoms with van der Waals surface area (Å²) in [5.41, 5.74) is 2.43. The lowest BCUT2D eigenvalue weighted by molar-refractivity contribution is 0.404. The van der Waals surface area contributed by atoms with E-state index in [1.165, 1.54) is 12.1 Å². The van der Waals surface area contributed by atoms with E-state index < -0.39 is 0 Å². The second-order valence-electron chi connectivity index (χ2n) is 5.06. The Morgan fingerprint density at radius 2 is 1.71 bits per heavy atom. The maximum atomic E-state index is 9.44. The predicted molar refractivity (Wildman–Crippen MR) is 82.6 cm³/mol. The molecule has 0 aromatic heterocycles. The Labute approximate surface area is 124 Å². The predicted octanol–water partition coefficient (Wildman–Crippen LogP) is 3.62. The van der Waals surface area contributed by atoms with Crippen LogP contribution in [0.1, 0.15) is 5.56 Å². The van der Waals surface area contributed by atoms with Gasteiger partial charge in [-0.2, -0.15) is 10.2 Å². The quantitative estimate of drug-likeness (QED) is 0.651. The molecule has 110 valence electrons. The van der Waals surface area contributed by atoms with Gasteiger partial charge in [-0.15, -0.1) is 0 Å². The van der Waals surface area contributed by atoms with Gasteiger partial charge < -0.3 is 15.1 Å². The minimum atomic E-state index is -0.202. The topological polar surface area (TPSA) is 68.4 Å². The summed E-state index contributed by atoms with van der Waals surface area (Å²) in [6, 6.07) is 12.2. The fourth-order valence-corrected chi connectivity index (χ4v) is 1.85. The van der Waals surface area contributed by atoms with Crippen molar-refractivity contribution in [2.24, 2.45) is 10.2 Å². The average molecular weight is 285 g/mol. The molecule has 0 aliphatic carbocycles. The molecule has 0 radical (unpaired) electrons. The van der Waals surface area contributed by atoms with Crippen molar-refractivity contribution in [1.82, 2.24) is 4.90 Å². The molecule has 0 atom stereocenters. The van der Waals surface area contributed by atoms with E-state index in [4.69, 9.17) is 0 Å². The number of aromatic hydroxyl groups is 2. The molecule has 2 aromatic rings. The van der Waals surface area contributed by atoms with Crippen LogP contribution in [0.4, 0.5) is 11.4 Å². The van der Waals surface area contributed by atoms with Crippen LogP contribution in [0.3, 0.4) is 0 Å². The summed E-state index contributed by atoms with van der Waals surface area (Å²) in [6.07, 6.45) is 0.892. The summed E-state index contributed by atoms with van der Waals surface area (Å²) in [7, 11) is 4.06. The van der Waals surface area contributed by atoms with Crippen molar-refractivity contribution in [3.8, 4) is 11.5 Å². The zero-order valence-corrected chi connectivity index (χ0v) is 12.2. The first-order valence-electron chi connectivity index (χ1n) is 6.72. The summed E-state index contributed by atoms with van der Waals surface area (Å²) in [5.74, 6) is -0.368. The summed E-state index contributed by atoms with van der Waals surface area (Å²) < 4.78 is 0. The third kappa shape index (κ3) is 4.29. The third-order valence-electron chi connectivity index (χ3n) is 3.05. The zero-order valence-electron chi connectivity index (χ0n) is 12.2. The van der Waals surface area contributed by atoms with Gasteiger partial charge in [-0.1, -0.05) is 18.2 Å². The number of hydrogen-bond acceptors (Lipinski definition) is 5. The van der Waals surface area contributed by atoms with Crippen LogP contribution in [0.15, 0.2) is 52.7 Å². The molecule has 0 aliphatic rings. The second-order valence-corrected chi connectivity index (χ2v) is 5.06. The van der Waals surface area contributed by atoms with Crippen molar-refractivity contribution in [3.63, 3.8) is 0 Å². The third-order valence-corrected chi connectivity index (χ3v) is 3.05. The first kappa shape index (κ1) is 15.0. The summed E-state index contributed by atoms with van der Waals surface area (Å²) >= 11 is 0. The smallest absolute Gasteiger partial charge is 0.159 e. The maximum absolute atomic E-state index is 9.44. The van der Waals surface area contributed by atoms with Gasteiger partial charge in [0.15, 0.2) is 11.5 Å². The maximum Gasteiger partial charge on any atom is 0.159 e. The van der Waals surface area contributed by atoms with E-state index in [-0.39, 0.29) is 11.5 Å². The fraction of sp³-hybridized carbons (Fsp3) is 0.250. The highest BCUT2D eigenvalue weighted by molar-refractivity contribution is 5.51. The van der Waals surface area contributed by atoms with Gasteiger partial charge in [0.2, 0.25) is 0 Å². The molecule has 0 bridgehead atoms. The number of phenols is 2. The molecule has 0 saturated heterocycles. The Morgan fingerprint density at radius 3 is 2.43 bits per heavy atom. The van der Waals surface area contributed by atoms with E-state index in [1.807, 2.05) is 38.4 Å². The van der Waals surface area contributed by atoms with Crippen LogP contribution in [-0.4, -0.2) is 35.8 Å². The molecule has 0 saturated carbocycles. The lowest BCUT2D eigenvalue weighted by atomic mass is 10.1. The fourth-order valence-electron chi connectivity index (χ4n) is 1.85. The van der Waals surface area contributed by atoms with Crippen molar-refractivity contribution in [3.05, 3.63) is 48.0 Å². The number of likely N-dealkylation sites (N-methyl/N-ethyl adjacent to an activating group) is 1. The van der Waals surface area contributed by atoms with Gasteiger partial charge >= 0.3 is 0 Å². The summed E-state index contributed by atoms with van der Waals surface area (Å²) in [4.78, 5) is 2.12. The SMILES string of the molecule is CN(C)CCc1ccccc1N=Nc1ccc(O)c(O)c1. The van der Waals surface area contributed by atoms with Crippen molar-refractivity contribution in [2.45, 2.75) is 6.42 Å². The number of phenolic OH excluding ortho intramolecular Hbond substituents is 2. The highest BCUT2D eigenvalue weighted by Crippen LogP contribution is 2.30. The van der Waals surface area contributed by atoms with E-state index in [1.54, 1.807) is 6.07 Å². The Balaban J connectivity index is 2.18. The van der Waals surface area contributed by atoms with Crippen LogP contribution < -0.4 is 0 Å². The zero-order chi connectivity index (χ0) is 15.2. The number of nitrogens with zero attached hydrogens (tertiary/aromatic N) is 3. The van der Waals surface area contributed by atoms with Crippen LogP contribution in [0, 0.1) is 0 Å². The molecule has 5 nitrogen and oxygen atoms in total.